The lowest BCUT2D eigenvalue weighted by atomic mass is 10.1. The summed E-state index contributed by atoms with van der Waals surface area (Å²) in [6.07, 6.45) is -4.67. The average molecular weight is 355 g/mol. The summed E-state index contributed by atoms with van der Waals surface area (Å²) in [6, 6.07) is 7.62. The Morgan fingerprint density at radius 2 is 2.04 bits per heavy atom. The summed E-state index contributed by atoms with van der Waals surface area (Å²) in [5, 5.41) is 2.65. The molecule has 0 aliphatic carbocycles. The molecular weight excluding hydrogens is 339 g/mol. The minimum atomic E-state index is -4.44. The highest BCUT2D eigenvalue weighted by atomic mass is 19.4. The molecule has 0 unspecified atom stereocenters. The zero-order chi connectivity index (χ0) is 17.9. The number of alkyl halides is 3. The van der Waals surface area contributed by atoms with Gasteiger partial charge in [0.1, 0.15) is 5.76 Å². The maximum Gasteiger partial charge on any atom is 0.416 e. The van der Waals surface area contributed by atoms with Crippen LogP contribution in [0.4, 0.5) is 13.2 Å². The lowest BCUT2D eigenvalue weighted by Crippen LogP contribution is -2.39. The van der Waals surface area contributed by atoms with Crippen LogP contribution in [-0.2, 0) is 15.7 Å². The van der Waals surface area contributed by atoms with E-state index >= 15 is 0 Å². The van der Waals surface area contributed by atoms with Crippen molar-refractivity contribution in [1.82, 2.24) is 5.32 Å². The number of carbonyl (C=O) groups excluding carboxylic acids is 1. The number of benzene rings is 1. The van der Waals surface area contributed by atoms with Gasteiger partial charge in [0.2, 0.25) is 0 Å². The number of furan rings is 1. The van der Waals surface area contributed by atoms with Crippen LogP contribution in [-0.4, -0.2) is 38.4 Å². The van der Waals surface area contributed by atoms with Gasteiger partial charge in [0.05, 0.1) is 31.5 Å². The van der Waals surface area contributed by atoms with Gasteiger partial charge in [-0.2, -0.15) is 13.2 Å². The summed E-state index contributed by atoms with van der Waals surface area (Å²) in [6.45, 7) is 1.66. The van der Waals surface area contributed by atoms with Gasteiger partial charge in [0, 0.05) is 12.1 Å². The van der Waals surface area contributed by atoms with E-state index in [4.69, 9.17) is 13.9 Å². The monoisotopic (exact) mass is 355 g/mol. The molecule has 1 atom stereocenters. The molecule has 1 aromatic heterocycles. The van der Waals surface area contributed by atoms with Crippen LogP contribution in [0.1, 0.15) is 16.1 Å². The number of nitrogens with one attached hydrogen (secondary N) is 1. The molecule has 0 saturated carbocycles. The number of amides is 1. The van der Waals surface area contributed by atoms with Gasteiger partial charge in [0.15, 0.2) is 5.76 Å². The molecule has 0 bridgehead atoms. The van der Waals surface area contributed by atoms with E-state index < -0.39 is 17.6 Å². The Bertz CT molecular complexity index is 735. The Hall–Kier alpha value is -2.32. The van der Waals surface area contributed by atoms with Gasteiger partial charge < -0.3 is 19.2 Å². The number of hydrogen-bond donors (Lipinski definition) is 1. The van der Waals surface area contributed by atoms with Crippen molar-refractivity contribution in [2.75, 3.05) is 26.4 Å². The highest BCUT2D eigenvalue weighted by Gasteiger charge is 2.30. The standard InChI is InChI=1S/C17H16F3NO4/c18-17(19,20)12-3-1-2-11(8-12)14-4-5-15(25-14)16(22)21-9-13-10-23-6-7-24-13/h1-5,8,13H,6-7,9-10H2,(H,21,22)/t13-/m1/s1. The predicted molar refractivity (Wildman–Crippen MR) is 82.0 cm³/mol. The highest BCUT2D eigenvalue weighted by molar-refractivity contribution is 5.92. The van der Waals surface area contributed by atoms with Crippen LogP contribution in [0.25, 0.3) is 11.3 Å². The number of hydrogen-bond acceptors (Lipinski definition) is 4. The molecular formula is C17H16F3NO4. The van der Waals surface area contributed by atoms with E-state index in [-0.39, 0.29) is 29.7 Å². The molecule has 1 saturated heterocycles. The van der Waals surface area contributed by atoms with Crippen LogP contribution in [0.2, 0.25) is 0 Å². The quantitative estimate of drug-likeness (QED) is 0.916. The van der Waals surface area contributed by atoms with Crippen LogP contribution in [0.5, 0.6) is 0 Å². The first-order chi connectivity index (χ1) is 11.9. The molecule has 1 N–H and O–H groups in total. The molecule has 2 heterocycles. The molecule has 0 spiro atoms. The Morgan fingerprint density at radius 1 is 1.20 bits per heavy atom. The maximum absolute atomic E-state index is 12.8. The SMILES string of the molecule is O=C(NC[C@@H]1COCCO1)c1ccc(-c2cccc(C(F)(F)F)c2)o1. The number of carbonyl (C=O) groups is 1. The number of rotatable bonds is 4. The summed E-state index contributed by atoms with van der Waals surface area (Å²) in [7, 11) is 0. The van der Waals surface area contributed by atoms with Gasteiger partial charge in [-0.1, -0.05) is 12.1 Å². The molecule has 2 aromatic rings. The van der Waals surface area contributed by atoms with Crippen LogP contribution in [0.15, 0.2) is 40.8 Å². The minimum absolute atomic E-state index is 0.0177. The average Bonchev–Trinajstić information content (AvgIpc) is 3.10. The Kier molecular flexibility index (Phi) is 5.10. The first-order valence-electron chi connectivity index (χ1n) is 7.68. The van der Waals surface area contributed by atoms with E-state index in [1.165, 1.54) is 24.3 Å². The van der Waals surface area contributed by atoms with Crippen molar-refractivity contribution in [2.24, 2.45) is 0 Å². The number of halogens is 3. The second kappa shape index (κ2) is 7.28. The second-order valence-corrected chi connectivity index (χ2v) is 5.52. The molecule has 1 aromatic carbocycles. The third-order valence-corrected chi connectivity index (χ3v) is 3.68. The molecule has 25 heavy (non-hydrogen) atoms. The zero-order valence-electron chi connectivity index (χ0n) is 13.1. The van der Waals surface area contributed by atoms with Crippen molar-refractivity contribution < 1.29 is 31.9 Å². The molecule has 5 nitrogen and oxygen atoms in total. The van der Waals surface area contributed by atoms with Gasteiger partial charge in [-0.05, 0) is 24.3 Å². The van der Waals surface area contributed by atoms with E-state index in [9.17, 15) is 18.0 Å². The van der Waals surface area contributed by atoms with E-state index in [0.29, 0.717) is 19.8 Å². The van der Waals surface area contributed by atoms with Crippen molar-refractivity contribution >= 4 is 5.91 Å². The summed E-state index contributed by atoms with van der Waals surface area (Å²) < 4.78 is 54.4. The van der Waals surface area contributed by atoms with Crippen molar-refractivity contribution in [3.8, 4) is 11.3 Å². The van der Waals surface area contributed by atoms with Crippen LogP contribution >= 0.6 is 0 Å². The Balaban J connectivity index is 1.66. The number of ether oxygens (including phenoxy) is 2. The third-order valence-electron chi connectivity index (χ3n) is 3.68. The molecule has 1 aliphatic heterocycles. The topological polar surface area (TPSA) is 60.7 Å². The van der Waals surface area contributed by atoms with Crippen molar-refractivity contribution in [1.29, 1.82) is 0 Å². The Morgan fingerprint density at radius 3 is 2.76 bits per heavy atom. The minimum Gasteiger partial charge on any atom is -0.451 e. The summed E-state index contributed by atoms with van der Waals surface area (Å²) in [5.74, 6) is -0.259. The van der Waals surface area contributed by atoms with E-state index in [1.807, 2.05) is 0 Å². The summed E-state index contributed by atoms with van der Waals surface area (Å²) >= 11 is 0. The van der Waals surface area contributed by atoms with Gasteiger partial charge >= 0.3 is 6.18 Å². The van der Waals surface area contributed by atoms with Crippen LogP contribution in [0, 0.1) is 0 Å². The largest absolute Gasteiger partial charge is 0.451 e. The smallest absolute Gasteiger partial charge is 0.416 e. The highest BCUT2D eigenvalue weighted by Crippen LogP contribution is 2.32. The molecule has 1 aliphatic rings. The molecule has 1 amide bonds. The predicted octanol–water partition coefficient (Wildman–Crippen LogP) is 3.11. The van der Waals surface area contributed by atoms with Crippen molar-refractivity contribution in [3.63, 3.8) is 0 Å². The lowest BCUT2D eigenvalue weighted by Gasteiger charge is -2.22. The van der Waals surface area contributed by atoms with Crippen LogP contribution < -0.4 is 5.32 Å². The molecule has 1 fully saturated rings. The summed E-state index contributed by atoms with van der Waals surface area (Å²) in [4.78, 5) is 12.1. The molecule has 8 heteroatoms. The first-order valence-corrected chi connectivity index (χ1v) is 7.68. The van der Waals surface area contributed by atoms with Gasteiger partial charge in [-0.3, -0.25) is 4.79 Å². The molecule has 3 rings (SSSR count). The van der Waals surface area contributed by atoms with E-state index in [0.717, 1.165) is 12.1 Å². The molecule has 134 valence electrons. The lowest BCUT2D eigenvalue weighted by molar-refractivity contribution is -0.137. The summed E-state index contributed by atoms with van der Waals surface area (Å²) in [5.41, 5.74) is -0.528. The van der Waals surface area contributed by atoms with E-state index in [1.54, 1.807) is 0 Å². The fourth-order valence-electron chi connectivity index (χ4n) is 2.41. The van der Waals surface area contributed by atoms with Crippen molar-refractivity contribution in [3.05, 3.63) is 47.7 Å². The van der Waals surface area contributed by atoms with Crippen LogP contribution in [0.3, 0.4) is 0 Å². The fraction of sp³-hybridized carbons (Fsp3) is 0.353. The normalized spacial score (nSPS) is 18.1. The van der Waals surface area contributed by atoms with Gasteiger partial charge in [0.25, 0.3) is 5.91 Å². The van der Waals surface area contributed by atoms with E-state index in [2.05, 4.69) is 5.32 Å². The first kappa shape index (κ1) is 17.5. The van der Waals surface area contributed by atoms with Gasteiger partial charge in [-0.15, -0.1) is 0 Å². The molecule has 0 radical (unpaired) electrons. The zero-order valence-corrected chi connectivity index (χ0v) is 13.1. The third kappa shape index (κ3) is 4.40. The maximum atomic E-state index is 12.8. The van der Waals surface area contributed by atoms with Gasteiger partial charge in [-0.25, -0.2) is 0 Å². The van der Waals surface area contributed by atoms with Crippen molar-refractivity contribution in [2.45, 2.75) is 12.3 Å². The fourth-order valence-corrected chi connectivity index (χ4v) is 2.41. The Labute approximate surface area is 141 Å². The second-order valence-electron chi connectivity index (χ2n) is 5.52.